The molecule has 1 aliphatic carbocycles. The zero-order chi connectivity index (χ0) is 65.6. The molecule has 0 aromatic heterocycles. The van der Waals surface area contributed by atoms with Gasteiger partial charge in [0.2, 0.25) is 5.91 Å². The van der Waals surface area contributed by atoms with E-state index in [4.69, 9.17) is 34.1 Å². The molecule has 6 aromatic carbocycles. The average Bonchev–Trinajstić information content (AvgIpc) is 1.61. The normalized spacial score (nSPS) is 17.9. The molecule has 0 bridgehead atoms. The van der Waals surface area contributed by atoms with Crippen LogP contribution in [0.2, 0.25) is 0 Å². The Morgan fingerprint density at radius 2 is 1.30 bits per heavy atom. The van der Waals surface area contributed by atoms with E-state index >= 15 is 0 Å². The molecule has 3 amide bonds. The molecule has 0 radical (unpaired) electrons. The van der Waals surface area contributed by atoms with Crippen molar-refractivity contribution < 1.29 is 47.7 Å². The number of anilines is 1. The Kier molecular flexibility index (Phi) is 19.7. The standard InChI is InChI=1S/C78H82N6O10/c1-48(2)75(67(79)42-74(86)94-47-66-62-19-9-7-17-60(62)61-18-8-10-20-63(61)66)69(85)21-11-14-49(3)76(87)81-57-28-26-53(27-29-57)56-38-59-44-80-68-43-73(71(91-6)41-65(68)78(89)84(59)46-56)93-35-13-34-92-72-39-54-15-12-16-58-37-55(45-83(58)77(88)64(54)40-70(72)90-5)52-24-22-50(23-25-52)36-51-30-32-82(4)33-31-51/h7-10,15-20,22-29,39-41,43-46,48-49,51,58-59,66,75,79H,11,13-14,21,30-38,42,47H2,1-6H3,(H,81,87)/t12?,49-,58-,59?,75-/m1/s1. The number of likely N-dealkylation sites (tertiary alicyclic amines) is 1. The molecule has 16 heteroatoms. The Balaban J connectivity index is 0.590. The number of ketones is 1. The predicted molar refractivity (Wildman–Crippen MR) is 366 cm³/mol. The van der Waals surface area contributed by atoms with Crippen molar-refractivity contribution >= 4 is 70.0 Å². The lowest BCUT2D eigenvalue weighted by Gasteiger charge is -2.29. The van der Waals surface area contributed by atoms with Crippen LogP contribution in [0.3, 0.4) is 0 Å². The van der Waals surface area contributed by atoms with E-state index in [1.54, 1.807) is 41.3 Å². The van der Waals surface area contributed by atoms with Gasteiger partial charge in [-0.15, -0.1) is 5.73 Å². The minimum Gasteiger partial charge on any atom is -0.493 e. The van der Waals surface area contributed by atoms with E-state index in [0.29, 0.717) is 83.2 Å². The molecule has 1 fully saturated rings. The van der Waals surface area contributed by atoms with E-state index in [1.165, 1.54) is 25.5 Å². The van der Waals surface area contributed by atoms with Crippen LogP contribution in [0.4, 0.5) is 11.4 Å². The summed E-state index contributed by atoms with van der Waals surface area (Å²) in [5, 5.41) is 11.8. The summed E-state index contributed by atoms with van der Waals surface area (Å²) in [5.74, 6) is -0.0932. The molecule has 6 aromatic rings. The van der Waals surface area contributed by atoms with Gasteiger partial charge in [0.05, 0.1) is 68.7 Å². The first-order valence-corrected chi connectivity index (χ1v) is 33.0. The summed E-state index contributed by atoms with van der Waals surface area (Å²) in [6.07, 6.45) is 15.5. The highest BCUT2D eigenvalue weighted by Crippen LogP contribution is 2.46. The molecule has 94 heavy (non-hydrogen) atoms. The second-order valence-electron chi connectivity index (χ2n) is 26.0. The summed E-state index contributed by atoms with van der Waals surface area (Å²) in [6, 6.07) is 39.1. The van der Waals surface area contributed by atoms with Crippen molar-refractivity contribution in [3.05, 3.63) is 190 Å². The van der Waals surface area contributed by atoms with Gasteiger partial charge in [0.15, 0.2) is 23.0 Å². The molecule has 2 N–H and O–H groups in total. The van der Waals surface area contributed by atoms with Gasteiger partial charge in [-0.05, 0) is 169 Å². The Bertz CT molecular complexity index is 4010. The number of rotatable bonds is 25. The molecule has 16 nitrogen and oxygen atoms in total. The number of nitrogens with zero attached hydrogens (tertiary/aromatic N) is 4. The van der Waals surface area contributed by atoms with Crippen LogP contribution in [0.5, 0.6) is 23.0 Å². The largest absolute Gasteiger partial charge is 0.493 e. The van der Waals surface area contributed by atoms with E-state index < -0.39 is 17.8 Å². The first kappa shape index (κ1) is 64.5. The highest BCUT2D eigenvalue weighted by atomic mass is 16.5. The van der Waals surface area contributed by atoms with Crippen molar-refractivity contribution in [3.8, 4) is 34.1 Å². The molecule has 1 unspecified atom stereocenters. The van der Waals surface area contributed by atoms with Gasteiger partial charge in [0.25, 0.3) is 11.8 Å². The Morgan fingerprint density at radius 1 is 0.702 bits per heavy atom. The molecule has 0 saturated carbocycles. The summed E-state index contributed by atoms with van der Waals surface area (Å²) in [4.78, 5) is 79.3. The fourth-order valence-electron chi connectivity index (χ4n) is 14.0. The van der Waals surface area contributed by atoms with Crippen LogP contribution in [0.25, 0.3) is 28.3 Å². The zero-order valence-electron chi connectivity index (χ0n) is 54.5. The van der Waals surface area contributed by atoms with Gasteiger partial charge < -0.3 is 49.1 Å². The lowest BCUT2D eigenvalue weighted by atomic mass is 9.83. The maximum Gasteiger partial charge on any atom is 0.311 e. The number of benzene rings is 6. The van der Waals surface area contributed by atoms with Crippen LogP contribution in [-0.4, -0.2) is 122 Å². The second kappa shape index (κ2) is 28.7. The predicted octanol–water partition coefficient (Wildman–Crippen LogP) is 14.2. The monoisotopic (exact) mass is 1260 g/mol. The molecule has 1 saturated heterocycles. The summed E-state index contributed by atoms with van der Waals surface area (Å²) in [6.45, 7) is 8.61. The van der Waals surface area contributed by atoms with Crippen LogP contribution in [-0.2, 0) is 25.5 Å². The fraction of sp³-hybridized carbons (Fsp3) is 0.359. The van der Waals surface area contributed by atoms with Crippen molar-refractivity contribution in [2.45, 2.75) is 103 Å². The summed E-state index contributed by atoms with van der Waals surface area (Å²) < 4.78 is 29.8. The molecule has 6 aliphatic rings. The minimum atomic E-state index is -0.727. The van der Waals surface area contributed by atoms with Crippen LogP contribution < -0.4 is 24.3 Å². The molecule has 0 spiro atoms. The van der Waals surface area contributed by atoms with Crippen LogP contribution in [0.1, 0.15) is 139 Å². The number of carbonyl (C=O) groups is 5. The maximum atomic E-state index is 14.3. The third-order valence-corrected chi connectivity index (χ3v) is 19.2. The van der Waals surface area contributed by atoms with Gasteiger partial charge in [0.1, 0.15) is 12.4 Å². The highest BCUT2D eigenvalue weighted by Gasteiger charge is 2.36. The Morgan fingerprint density at radius 3 is 1.95 bits per heavy atom. The summed E-state index contributed by atoms with van der Waals surface area (Å²) in [7, 11) is 5.29. The number of aliphatic imine (C=N–C) groups is 1. The first-order chi connectivity index (χ1) is 45.6. The number of hydrogen-bond donors (Lipinski definition) is 2. The van der Waals surface area contributed by atoms with E-state index in [9.17, 15) is 24.0 Å². The van der Waals surface area contributed by atoms with Gasteiger partial charge in [-0.1, -0.05) is 106 Å². The van der Waals surface area contributed by atoms with Crippen molar-refractivity contribution in [1.29, 1.82) is 5.41 Å². The maximum absolute atomic E-state index is 14.3. The number of esters is 1. The van der Waals surface area contributed by atoms with Gasteiger partial charge >= 0.3 is 5.97 Å². The molecule has 5 heterocycles. The number of ether oxygens (including phenoxy) is 5. The molecular formula is C78H82N6O10. The lowest BCUT2D eigenvalue weighted by Crippen LogP contribution is -2.32. The van der Waals surface area contributed by atoms with Crippen molar-refractivity contribution in [2.24, 2.45) is 28.7 Å². The second-order valence-corrected chi connectivity index (χ2v) is 26.0. The Hall–Kier alpha value is -9.63. The number of amides is 3. The third kappa shape index (κ3) is 14.1. The molecule has 12 rings (SSSR count). The quantitative estimate of drug-likeness (QED) is 0.0240. The van der Waals surface area contributed by atoms with Gasteiger partial charge in [-0.3, -0.25) is 29.0 Å². The fourth-order valence-corrected chi connectivity index (χ4v) is 14.0. The number of nitrogens with one attached hydrogen (secondary N) is 2. The molecule has 4 atom stereocenters. The van der Waals surface area contributed by atoms with Crippen molar-refractivity contribution in [1.82, 2.24) is 14.7 Å². The van der Waals surface area contributed by atoms with E-state index in [-0.39, 0.29) is 85.8 Å². The number of fused-ring (bicyclic) bond motifs is 7. The van der Waals surface area contributed by atoms with Gasteiger partial charge in [-0.25, -0.2) is 0 Å². The average molecular weight is 1260 g/mol. The number of Topliss-reactive ketones (excluding diaryl/α,β-unsaturated/α-hetero) is 1. The highest BCUT2D eigenvalue weighted by molar-refractivity contribution is 6.10. The SMILES string of the molecule is COc1cc2c(cc1OCCCOc1cc3c(cc1OC)C(=O)N1C=C(c4ccc(NC(=O)[C@H](C)CCCC(=O)[C@@H](C(=N)CC(=O)OCC5c6ccccc6-c6ccccc65)C(C)C)cc4)CC1C=N3)C=C=C[C@@H]1CC(c3ccc(CC4CCN(C)CC4)cc3)=CN1C2=O. The number of carbonyl (C=O) groups excluding carboxylic acids is 5. The van der Waals surface area contributed by atoms with Gasteiger partial charge in [-0.2, -0.15) is 0 Å². The summed E-state index contributed by atoms with van der Waals surface area (Å²) in [5.41, 5.74) is 15.9. The molecule has 5 aliphatic heterocycles. The van der Waals surface area contributed by atoms with E-state index in [2.05, 4.69) is 71.5 Å². The number of piperidine rings is 1. The molecule has 484 valence electrons. The number of hydrogen-bond acceptors (Lipinski definition) is 13. The van der Waals surface area contributed by atoms with E-state index in [0.717, 1.165) is 70.0 Å². The van der Waals surface area contributed by atoms with Crippen molar-refractivity contribution in [2.75, 3.05) is 59.5 Å². The minimum absolute atomic E-state index is 0.0462. The number of methoxy groups -OCH3 is 2. The topological polar surface area (TPSA) is 189 Å². The third-order valence-electron chi connectivity index (χ3n) is 19.2. The first-order valence-electron chi connectivity index (χ1n) is 33.0. The Labute approximate surface area is 550 Å². The zero-order valence-corrected chi connectivity index (χ0v) is 54.5. The lowest BCUT2D eigenvalue weighted by molar-refractivity contribution is -0.142. The van der Waals surface area contributed by atoms with Gasteiger partial charge in [0, 0.05) is 67.2 Å². The van der Waals surface area contributed by atoms with E-state index in [1.807, 2.05) is 99.9 Å². The smallest absolute Gasteiger partial charge is 0.311 e. The van der Waals surface area contributed by atoms with Crippen molar-refractivity contribution in [3.63, 3.8) is 0 Å². The van der Waals surface area contributed by atoms with Crippen LogP contribution in [0, 0.1) is 29.1 Å². The summed E-state index contributed by atoms with van der Waals surface area (Å²) >= 11 is 0. The van der Waals surface area contributed by atoms with Crippen LogP contribution in [0.15, 0.2) is 151 Å². The van der Waals surface area contributed by atoms with Crippen LogP contribution >= 0.6 is 0 Å². The molecular weight excluding hydrogens is 1180 g/mol.